The van der Waals surface area contributed by atoms with E-state index in [-0.39, 0.29) is 16.1 Å². The lowest BCUT2D eigenvalue weighted by Crippen LogP contribution is -2.18. The lowest BCUT2D eigenvalue weighted by Gasteiger charge is -2.13. The summed E-state index contributed by atoms with van der Waals surface area (Å²) < 4.78 is 28.8. The lowest BCUT2D eigenvalue weighted by atomic mass is 10.1. The number of carbonyl (C=O) groups is 1. The normalized spacial score (nSPS) is 11.0. The Labute approximate surface area is 187 Å². The van der Waals surface area contributed by atoms with E-state index in [1.807, 2.05) is 55.5 Å². The van der Waals surface area contributed by atoms with E-state index < -0.39 is 15.9 Å². The summed E-state index contributed by atoms with van der Waals surface area (Å²) in [6.07, 6.45) is 0. The molecule has 0 bridgehead atoms. The van der Waals surface area contributed by atoms with E-state index in [0.29, 0.717) is 5.69 Å². The van der Waals surface area contributed by atoms with Crippen molar-refractivity contribution < 1.29 is 13.2 Å². The summed E-state index contributed by atoms with van der Waals surface area (Å²) in [4.78, 5) is 13.0. The molecule has 5 nitrogen and oxygen atoms in total. The van der Waals surface area contributed by atoms with Crippen LogP contribution in [0.3, 0.4) is 0 Å². The third kappa shape index (κ3) is 4.87. The fourth-order valence-electron chi connectivity index (χ4n) is 3.28. The number of nitrogens with one attached hydrogen (secondary N) is 2. The van der Waals surface area contributed by atoms with Crippen molar-refractivity contribution in [2.75, 3.05) is 10.0 Å². The third-order valence-electron chi connectivity index (χ3n) is 4.98. The average Bonchev–Trinajstić information content (AvgIpc) is 2.81. The van der Waals surface area contributed by atoms with Gasteiger partial charge in [-0.2, -0.15) is 0 Å². The maximum Gasteiger partial charge on any atom is 0.261 e. The van der Waals surface area contributed by atoms with Gasteiger partial charge in [-0.3, -0.25) is 9.52 Å². The van der Waals surface area contributed by atoms with E-state index >= 15 is 0 Å². The van der Waals surface area contributed by atoms with Crippen molar-refractivity contribution in [1.29, 1.82) is 0 Å². The molecule has 4 aromatic rings. The Hall–Kier alpha value is -3.90. The minimum atomic E-state index is -3.91. The van der Waals surface area contributed by atoms with Crippen LogP contribution in [0.25, 0.3) is 11.1 Å². The predicted octanol–water partition coefficient (Wildman–Crippen LogP) is 5.72. The first-order valence-electron chi connectivity index (χ1n) is 10.1. The summed E-state index contributed by atoms with van der Waals surface area (Å²) in [5.41, 5.74) is 3.86. The van der Waals surface area contributed by atoms with Gasteiger partial charge in [0.1, 0.15) is 0 Å². The van der Waals surface area contributed by atoms with Crippen LogP contribution in [0.4, 0.5) is 11.4 Å². The van der Waals surface area contributed by atoms with Crippen molar-refractivity contribution in [2.45, 2.75) is 11.8 Å². The van der Waals surface area contributed by atoms with Gasteiger partial charge in [-0.05, 0) is 54.4 Å². The van der Waals surface area contributed by atoms with Crippen LogP contribution in [-0.2, 0) is 10.0 Å². The van der Waals surface area contributed by atoms with E-state index in [1.54, 1.807) is 48.5 Å². The highest BCUT2D eigenvalue weighted by Crippen LogP contribution is 2.25. The third-order valence-corrected chi connectivity index (χ3v) is 6.34. The molecule has 0 fully saturated rings. The number of para-hydroxylation sites is 1. The van der Waals surface area contributed by atoms with Gasteiger partial charge in [-0.15, -0.1) is 0 Å². The zero-order chi connectivity index (χ0) is 22.6. The summed E-state index contributed by atoms with van der Waals surface area (Å²) in [5, 5.41) is 2.81. The van der Waals surface area contributed by atoms with Gasteiger partial charge in [0.15, 0.2) is 0 Å². The largest absolute Gasteiger partial charge is 0.322 e. The molecule has 1 amide bonds. The molecule has 0 aromatic heterocycles. The van der Waals surface area contributed by atoms with Gasteiger partial charge >= 0.3 is 0 Å². The van der Waals surface area contributed by atoms with Gasteiger partial charge in [-0.25, -0.2) is 8.42 Å². The van der Waals surface area contributed by atoms with Gasteiger partial charge in [0.05, 0.1) is 16.1 Å². The molecule has 0 spiro atoms. The molecule has 0 radical (unpaired) electrons. The molecular weight excluding hydrogens is 420 g/mol. The summed E-state index contributed by atoms with van der Waals surface area (Å²) in [6, 6.07) is 30.2. The zero-order valence-corrected chi connectivity index (χ0v) is 18.3. The molecule has 0 aliphatic carbocycles. The number of amides is 1. The number of anilines is 2. The SMILES string of the molecule is Cc1ccc(NC(=O)c2ccccc2NS(=O)(=O)c2cccc(-c3ccccc3)c2)cc1. The fourth-order valence-corrected chi connectivity index (χ4v) is 4.41. The van der Waals surface area contributed by atoms with Gasteiger partial charge in [0.25, 0.3) is 15.9 Å². The van der Waals surface area contributed by atoms with Crippen LogP contribution in [-0.4, -0.2) is 14.3 Å². The van der Waals surface area contributed by atoms with Crippen LogP contribution in [0.5, 0.6) is 0 Å². The minimum Gasteiger partial charge on any atom is -0.322 e. The summed E-state index contributed by atoms with van der Waals surface area (Å²) in [6.45, 7) is 1.96. The Morgan fingerprint density at radius 2 is 1.38 bits per heavy atom. The zero-order valence-electron chi connectivity index (χ0n) is 17.4. The Kier molecular flexibility index (Phi) is 6.05. The monoisotopic (exact) mass is 442 g/mol. The van der Waals surface area contributed by atoms with Crippen molar-refractivity contribution in [3.8, 4) is 11.1 Å². The van der Waals surface area contributed by atoms with Crippen molar-refractivity contribution >= 4 is 27.3 Å². The van der Waals surface area contributed by atoms with E-state index in [1.165, 1.54) is 6.07 Å². The molecule has 0 unspecified atom stereocenters. The Morgan fingerprint density at radius 1 is 0.719 bits per heavy atom. The molecule has 160 valence electrons. The number of rotatable bonds is 6. The molecule has 32 heavy (non-hydrogen) atoms. The highest BCUT2D eigenvalue weighted by Gasteiger charge is 2.19. The summed E-state index contributed by atoms with van der Waals surface area (Å²) >= 11 is 0. The second kappa shape index (κ2) is 9.08. The van der Waals surface area contributed by atoms with Crippen molar-refractivity contribution in [2.24, 2.45) is 0 Å². The second-order valence-electron chi connectivity index (χ2n) is 7.37. The lowest BCUT2D eigenvalue weighted by molar-refractivity contribution is 0.102. The molecule has 0 aliphatic heterocycles. The van der Waals surface area contributed by atoms with Crippen LogP contribution in [0, 0.1) is 6.92 Å². The smallest absolute Gasteiger partial charge is 0.261 e. The highest BCUT2D eigenvalue weighted by molar-refractivity contribution is 7.92. The first-order valence-corrected chi connectivity index (χ1v) is 11.6. The number of carbonyl (C=O) groups excluding carboxylic acids is 1. The molecule has 4 aromatic carbocycles. The fraction of sp³-hybridized carbons (Fsp3) is 0.0385. The quantitative estimate of drug-likeness (QED) is 0.401. The molecule has 4 rings (SSSR count). The predicted molar refractivity (Wildman–Crippen MR) is 128 cm³/mol. The Bertz CT molecular complexity index is 1350. The maximum absolute atomic E-state index is 13.1. The van der Waals surface area contributed by atoms with Crippen molar-refractivity contribution in [1.82, 2.24) is 0 Å². The van der Waals surface area contributed by atoms with Gasteiger partial charge in [0.2, 0.25) is 0 Å². The molecule has 0 saturated carbocycles. The van der Waals surface area contributed by atoms with Gasteiger partial charge in [-0.1, -0.05) is 72.3 Å². The first kappa shape index (κ1) is 21.3. The minimum absolute atomic E-state index is 0.118. The number of benzene rings is 4. The molecule has 0 heterocycles. The standard InChI is InChI=1S/C26H22N2O3S/c1-19-14-16-22(17-15-19)27-26(29)24-12-5-6-13-25(24)28-32(30,31)23-11-7-10-21(18-23)20-8-3-2-4-9-20/h2-18,28H,1H3,(H,27,29). The van der Waals surface area contributed by atoms with Crippen LogP contribution < -0.4 is 10.0 Å². The second-order valence-corrected chi connectivity index (χ2v) is 9.05. The van der Waals surface area contributed by atoms with Crippen molar-refractivity contribution in [3.63, 3.8) is 0 Å². The molecule has 0 saturated heterocycles. The van der Waals surface area contributed by atoms with E-state index in [4.69, 9.17) is 0 Å². The average molecular weight is 443 g/mol. The van der Waals surface area contributed by atoms with Gasteiger partial charge < -0.3 is 5.32 Å². The van der Waals surface area contributed by atoms with Crippen LogP contribution in [0.1, 0.15) is 15.9 Å². The topological polar surface area (TPSA) is 75.3 Å². The Balaban J connectivity index is 1.60. The number of hydrogen-bond acceptors (Lipinski definition) is 3. The van der Waals surface area contributed by atoms with Gasteiger partial charge in [0, 0.05) is 5.69 Å². The number of aryl methyl sites for hydroxylation is 1. The van der Waals surface area contributed by atoms with Crippen molar-refractivity contribution in [3.05, 3.63) is 114 Å². The van der Waals surface area contributed by atoms with E-state index in [0.717, 1.165) is 16.7 Å². The van der Waals surface area contributed by atoms with Crippen LogP contribution in [0.2, 0.25) is 0 Å². The number of hydrogen-bond donors (Lipinski definition) is 2. The molecule has 2 N–H and O–H groups in total. The molecular formula is C26H22N2O3S. The highest BCUT2D eigenvalue weighted by atomic mass is 32.2. The number of sulfonamides is 1. The molecule has 0 aliphatic rings. The summed E-state index contributed by atoms with van der Waals surface area (Å²) in [5.74, 6) is -0.398. The Morgan fingerprint density at radius 3 is 2.12 bits per heavy atom. The van der Waals surface area contributed by atoms with E-state index in [9.17, 15) is 13.2 Å². The van der Waals surface area contributed by atoms with E-state index in [2.05, 4.69) is 10.0 Å². The summed E-state index contributed by atoms with van der Waals surface area (Å²) in [7, 11) is -3.91. The first-order chi connectivity index (χ1) is 15.4. The molecule has 6 heteroatoms. The maximum atomic E-state index is 13.1. The molecule has 0 atom stereocenters. The van der Waals surface area contributed by atoms with Crippen LogP contribution >= 0.6 is 0 Å². The van der Waals surface area contributed by atoms with Crippen LogP contribution in [0.15, 0.2) is 108 Å².